The van der Waals surface area contributed by atoms with E-state index < -0.39 is 22.7 Å². The minimum absolute atomic E-state index is 0.0997. The summed E-state index contributed by atoms with van der Waals surface area (Å²) in [6.07, 6.45) is 1.73. The Kier molecular flexibility index (Phi) is 3.64. The maximum atomic E-state index is 11.4. The number of aromatic nitrogens is 1. The van der Waals surface area contributed by atoms with E-state index in [1.165, 1.54) is 18.5 Å². The molecule has 1 aromatic heterocycles. The number of H-pyrrole nitrogens is 1. The molecule has 0 spiro atoms. The van der Waals surface area contributed by atoms with Gasteiger partial charge in [-0.1, -0.05) is 0 Å². The van der Waals surface area contributed by atoms with Crippen LogP contribution in [0.3, 0.4) is 0 Å². The second kappa shape index (κ2) is 4.56. The second-order valence-electron chi connectivity index (χ2n) is 2.74. The quantitative estimate of drug-likeness (QED) is 0.492. The molecule has 0 aliphatic rings. The normalized spacial score (nSPS) is 14.1. The molecule has 0 amide bonds. The predicted molar refractivity (Wildman–Crippen MR) is 49.1 cm³/mol. The van der Waals surface area contributed by atoms with E-state index in [0.29, 0.717) is 0 Å². The van der Waals surface area contributed by atoms with Crippen LogP contribution in [-0.2, 0) is 10.0 Å². The van der Waals surface area contributed by atoms with Gasteiger partial charge in [0.05, 0.1) is 17.6 Å². The molecule has 0 saturated carbocycles. The third-order valence-corrected chi connectivity index (χ3v) is 3.02. The first kappa shape index (κ1) is 11.2. The van der Waals surface area contributed by atoms with Crippen LogP contribution >= 0.6 is 0 Å². The van der Waals surface area contributed by atoms with Crippen molar-refractivity contribution >= 4 is 10.0 Å². The van der Waals surface area contributed by atoms with E-state index in [2.05, 4.69) is 9.71 Å². The Morgan fingerprint density at radius 2 is 2.29 bits per heavy atom. The summed E-state index contributed by atoms with van der Waals surface area (Å²) in [5, 5.41) is 17.4. The summed E-state index contributed by atoms with van der Waals surface area (Å²) >= 11 is 0. The molecule has 0 aliphatic heterocycles. The van der Waals surface area contributed by atoms with E-state index in [-0.39, 0.29) is 11.4 Å². The fraction of sp³-hybridized carbons (Fsp3) is 0.429. The fourth-order valence-corrected chi connectivity index (χ4v) is 1.88. The molecule has 1 rings (SSSR count). The fourth-order valence-electron chi connectivity index (χ4n) is 0.830. The number of nitrogens with one attached hydrogen (secondary N) is 2. The first-order valence-electron chi connectivity index (χ1n) is 3.97. The molecule has 1 atom stereocenters. The number of aromatic amines is 1. The minimum atomic E-state index is -3.57. The summed E-state index contributed by atoms with van der Waals surface area (Å²) < 4.78 is 24.9. The van der Waals surface area contributed by atoms with Gasteiger partial charge in [0, 0.05) is 18.9 Å². The summed E-state index contributed by atoms with van der Waals surface area (Å²) in [6.45, 7) is -0.681. The van der Waals surface area contributed by atoms with Gasteiger partial charge in [-0.2, -0.15) is 0 Å². The van der Waals surface area contributed by atoms with Crippen molar-refractivity contribution in [2.24, 2.45) is 0 Å². The average Bonchev–Trinajstić information content (AvgIpc) is 2.67. The minimum Gasteiger partial charge on any atom is -0.394 e. The molecule has 7 heteroatoms. The zero-order chi connectivity index (χ0) is 10.6. The zero-order valence-electron chi connectivity index (χ0n) is 7.34. The lowest BCUT2D eigenvalue weighted by Gasteiger charge is -2.08. The van der Waals surface area contributed by atoms with Gasteiger partial charge >= 0.3 is 0 Å². The van der Waals surface area contributed by atoms with Gasteiger partial charge < -0.3 is 15.2 Å². The second-order valence-corrected chi connectivity index (χ2v) is 4.50. The van der Waals surface area contributed by atoms with Gasteiger partial charge in [-0.3, -0.25) is 0 Å². The summed E-state index contributed by atoms with van der Waals surface area (Å²) in [4.78, 5) is 2.71. The highest BCUT2D eigenvalue weighted by Gasteiger charge is 2.15. The van der Waals surface area contributed by atoms with E-state index in [9.17, 15) is 8.42 Å². The molecule has 0 radical (unpaired) electrons. The Bertz CT molecular complexity index is 359. The Hall–Kier alpha value is -0.890. The molecule has 0 saturated heterocycles. The SMILES string of the molecule is O=S(=O)(NCC(O)CO)c1cc[nH]c1. The molecular formula is C7H12N2O4S. The van der Waals surface area contributed by atoms with Crippen LogP contribution in [0.15, 0.2) is 23.4 Å². The Balaban J connectivity index is 2.60. The molecular weight excluding hydrogens is 208 g/mol. The number of hydrogen-bond acceptors (Lipinski definition) is 4. The maximum absolute atomic E-state index is 11.4. The molecule has 14 heavy (non-hydrogen) atoms. The van der Waals surface area contributed by atoms with Crippen molar-refractivity contribution in [1.29, 1.82) is 0 Å². The third-order valence-electron chi connectivity index (χ3n) is 1.60. The van der Waals surface area contributed by atoms with Crippen molar-refractivity contribution in [2.75, 3.05) is 13.2 Å². The number of hydrogen-bond donors (Lipinski definition) is 4. The Morgan fingerprint density at radius 3 is 2.79 bits per heavy atom. The number of sulfonamides is 1. The van der Waals surface area contributed by atoms with Crippen LogP contribution in [0.4, 0.5) is 0 Å². The molecule has 0 fully saturated rings. The van der Waals surface area contributed by atoms with Gasteiger partial charge in [0.1, 0.15) is 0 Å². The van der Waals surface area contributed by atoms with Gasteiger partial charge in [0.15, 0.2) is 0 Å². The highest BCUT2D eigenvalue weighted by atomic mass is 32.2. The number of rotatable bonds is 5. The lowest BCUT2D eigenvalue weighted by molar-refractivity contribution is 0.0988. The Labute approximate surface area is 81.6 Å². The number of aliphatic hydroxyl groups is 2. The van der Waals surface area contributed by atoms with Crippen LogP contribution in [0, 0.1) is 0 Å². The topological polar surface area (TPSA) is 102 Å². The van der Waals surface area contributed by atoms with E-state index in [4.69, 9.17) is 10.2 Å². The highest BCUT2D eigenvalue weighted by Crippen LogP contribution is 2.05. The summed E-state index contributed by atoms with van der Waals surface area (Å²) in [7, 11) is -3.57. The van der Waals surface area contributed by atoms with Crippen LogP contribution in [0.5, 0.6) is 0 Å². The average molecular weight is 220 g/mol. The van der Waals surface area contributed by atoms with Gasteiger partial charge in [-0.05, 0) is 6.07 Å². The summed E-state index contributed by atoms with van der Waals surface area (Å²) in [6, 6.07) is 1.40. The van der Waals surface area contributed by atoms with Crippen molar-refractivity contribution in [3.05, 3.63) is 18.5 Å². The first-order chi connectivity index (χ1) is 6.56. The van der Waals surface area contributed by atoms with Crippen LogP contribution in [0.25, 0.3) is 0 Å². The van der Waals surface area contributed by atoms with Gasteiger partial charge in [-0.25, -0.2) is 13.1 Å². The van der Waals surface area contributed by atoms with E-state index in [0.717, 1.165) is 0 Å². The lowest BCUT2D eigenvalue weighted by Crippen LogP contribution is -2.33. The van der Waals surface area contributed by atoms with E-state index in [1.54, 1.807) is 0 Å². The smallest absolute Gasteiger partial charge is 0.242 e. The molecule has 1 unspecified atom stereocenters. The van der Waals surface area contributed by atoms with E-state index in [1.807, 2.05) is 0 Å². The lowest BCUT2D eigenvalue weighted by atomic mass is 10.4. The maximum Gasteiger partial charge on any atom is 0.242 e. The third kappa shape index (κ3) is 2.81. The van der Waals surface area contributed by atoms with Crippen molar-refractivity contribution < 1.29 is 18.6 Å². The first-order valence-corrected chi connectivity index (χ1v) is 5.46. The standard InChI is InChI=1S/C7H12N2O4S/c10-5-6(11)3-9-14(12,13)7-1-2-8-4-7/h1-2,4,6,8-11H,3,5H2. The van der Waals surface area contributed by atoms with Crippen LogP contribution in [-0.4, -0.2) is 42.9 Å². The van der Waals surface area contributed by atoms with Crippen LogP contribution in [0.1, 0.15) is 0 Å². The molecule has 0 aromatic carbocycles. The molecule has 1 heterocycles. The Morgan fingerprint density at radius 1 is 1.57 bits per heavy atom. The van der Waals surface area contributed by atoms with Gasteiger partial charge in [-0.15, -0.1) is 0 Å². The molecule has 80 valence electrons. The highest BCUT2D eigenvalue weighted by molar-refractivity contribution is 7.89. The number of aliphatic hydroxyl groups excluding tert-OH is 2. The largest absolute Gasteiger partial charge is 0.394 e. The van der Waals surface area contributed by atoms with Crippen LogP contribution in [0.2, 0.25) is 0 Å². The zero-order valence-corrected chi connectivity index (χ0v) is 8.16. The van der Waals surface area contributed by atoms with Crippen molar-refractivity contribution in [1.82, 2.24) is 9.71 Å². The molecule has 4 N–H and O–H groups in total. The van der Waals surface area contributed by atoms with Gasteiger partial charge in [0.25, 0.3) is 0 Å². The predicted octanol–water partition coefficient (Wildman–Crippen LogP) is -1.35. The molecule has 1 aromatic rings. The van der Waals surface area contributed by atoms with E-state index >= 15 is 0 Å². The molecule has 6 nitrogen and oxygen atoms in total. The van der Waals surface area contributed by atoms with Crippen molar-refractivity contribution in [3.8, 4) is 0 Å². The monoisotopic (exact) mass is 220 g/mol. The van der Waals surface area contributed by atoms with Crippen LogP contribution < -0.4 is 4.72 Å². The molecule has 0 aliphatic carbocycles. The molecule has 0 bridgehead atoms. The summed E-state index contributed by atoms with van der Waals surface area (Å²) in [5.74, 6) is 0. The van der Waals surface area contributed by atoms with Crippen molar-refractivity contribution in [2.45, 2.75) is 11.0 Å². The van der Waals surface area contributed by atoms with Gasteiger partial charge in [0.2, 0.25) is 10.0 Å². The summed E-state index contributed by atoms with van der Waals surface area (Å²) in [5.41, 5.74) is 0. The van der Waals surface area contributed by atoms with Crippen molar-refractivity contribution in [3.63, 3.8) is 0 Å².